The van der Waals surface area contributed by atoms with Gasteiger partial charge in [0.1, 0.15) is 0 Å². The Morgan fingerprint density at radius 1 is 1.03 bits per heavy atom. The van der Waals surface area contributed by atoms with Crippen molar-refractivity contribution in [2.75, 3.05) is 25.0 Å². The van der Waals surface area contributed by atoms with Gasteiger partial charge in [-0.2, -0.15) is 4.31 Å². The zero-order valence-electron chi connectivity index (χ0n) is 19.0. The molecule has 0 atom stereocenters. The standard InChI is InChI=1S/C24H28N2O6S/c1-16-8-9-20(14-17(16)2)33(30,31)26-12-10-19(11-13-26)24(29)32-15-23(28)25-22-7-5-4-6-21(22)18(3)27/h4-9,14,19H,10-13,15H2,1-3H3,(H,25,28). The van der Waals surface area contributed by atoms with Gasteiger partial charge in [-0.1, -0.05) is 18.2 Å². The molecule has 1 aliphatic rings. The maximum atomic E-state index is 12.9. The van der Waals surface area contributed by atoms with Crippen molar-refractivity contribution in [3.05, 3.63) is 59.2 Å². The topological polar surface area (TPSA) is 110 Å². The Morgan fingerprint density at radius 3 is 2.33 bits per heavy atom. The molecular weight excluding hydrogens is 444 g/mol. The van der Waals surface area contributed by atoms with Crippen LogP contribution < -0.4 is 5.32 Å². The zero-order chi connectivity index (χ0) is 24.2. The lowest BCUT2D eigenvalue weighted by atomic mass is 9.98. The van der Waals surface area contributed by atoms with E-state index >= 15 is 0 Å². The molecule has 9 heteroatoms. The number of Topliss-reactive ketones (excluding diaryl/α,β-unsaturated/α-hetero) is 1. The third kappa shape index (κ3) is 5.85. The van der Waals surface area contributed by atoms with Gasteiger partial charge >= 0.3 is 5.97 Å². The van der Waals surface area contributed by atoms with Gasteiger partial charge < -0.3 is 10.1 Å². The molecule has 176 valence electrons. The van der Waals surface area contributed by atoms with E-state index in [2.05, 4.69) is 5.32 Å². The van der Waals surface area contributed by atoms with E-state index in [1.807, 2.05) is 13.8 Å². The Kier molecular flexibility index (Phi) is 7.65. The first-order valence-corrected chi connectivity index (χ1v) is 12.2. The predicted octanol–water partition coefficient (Wildman–Crippen LogP) is 3.09. The molecule has 0 aromatic heterocycles. The maximum absolute atomic E-state index is 12.9. The molecular formula is C24H28N2O6S. The molecule has 33 heavy (non-hydrogen) atoms. The number of amides is 1. The average molecular weight is 473 g/mol. The first kappa shape index (κ1) is 24.6. The van der Waals surface area contributed by atoms with Crippen molar-refractivity contribution in [2.24, 2.45) is 5.92 Å². The summed E-state index contributed by atoms with van der Waals surface area (Å²) in [6, 6.07) is 11.6. The highest BCUT2D eigenvalue weighted by Crippen LogP contribution is 2.26. The summed E-state index contributed by atoms with van der Waals surface area (Å²) in [5.74, 6) is -1.75. The number of sulfonamides is 1. The quantitative estimate of drug-likeness (QED) is 0.490. The molecule has 0 radical (unpaired) electrons. The highest BCUT2D eigenvalue weighted by Gasteiger charge is 2.33. The van der Waals surface area contributed by atoms with Crippen LogP contribution in [0.2, 0.25) is 0 Å². The number of para-hydroxylation sites is 1. The Bertz CT molecular complexity index is 1170. The van der Waals surface area contributed by atoms with Gasteiger partial charge in [0.15, 0.2) is 12.4 Å². The molecule has 0 spiro atoms. The number of piperidine rings is 1. The highest BCUT2D eigenvalue weighted by molar-refractivity contribution is 7.89. The number of esters is 1. The van der Waals surface area contributed by atoms with Gasteiger partial charge in [-0.25, -0.2) is 8.42 Å². The van der Waals surface area contributed by atoms with Crippen molar-refractivity contribution >= 4 is 33.4 Å². The number of nitrogens with one attached hydrogen (secondary N) is 1. The molecule has 1 aliphatic heterocycles. The Morgan fingerprint density at radius 2 is 1.70 bits per heavy atom. The highest BCUT2D eigenvalue weighted by atomic mass is 32.2. The Labute approximate surface area is 194 Å². The predicted molar refractivity (Wildman–Crippen MR) is 123 cm³/mol. The lowest BCUT2D eigenvalue weighted by Crippen LogP contribution is -2.41. The number of benzene rings is 2. The second-order valence-electron chi connectivity index (χ2n) is 8.18. The second kappa shape index (κ2) is 10.3. The molecule has 8 nitrogen and oxygen atoms in total. The normalized spacial score (nSPS) is 15.1. The molecule has 0 aliphatic carbocycles. The number of hydrogen-bond donors (Lipinski definition) is 1. The summed E-state index contributed by atoms with van der Waals surface area (Å²) in [6.45, 7) is 5.11. The van der Waals surface area contributed by atoms with Crippen LogP contribution in [0.4, 0.5) is 5.69 Å². The summed E-state index contributed by atoms with van der Waals surface area (Å²) < 4.78 is 32.4. The van der Waals surface area contributed by atoms with Crippen molar-refractivity contribution in [3.8, 4) is 0 Å². The van der Waals surface area contributed by atoms with Gasteiger partial charge in [-0.3, -0.25) is 14.4 Å². The smallest absolute Gasteiger partial charge is 0.309 e. The van der Waals surface area contributed by atoms with E-state index in [0.717, 1.165) is 11.1 Å². The number of aryl methyl sites for hydroxylation is 2. The van der Waals surface area contributed by atoms with E-state index in [1.165, 1.54) is 11.2 Å². The molecule has 1 fully saturated rings. The second-order valence-corrected chi connectivity index (χ2v) is 10.1. The number of ketones is 1. The minimum absolute atomic E-state index is 0.189. The minimum Gasteiger partial charge on any atom is -0.455 e. The SMILES string of the molecule is CC(=O)c1ccccc1NC(=O)COC(=O)C1CCN(S(=O)(=O)c2ccc(C)c(C)c2)CC1. The van der Waals surface area contributed by atoms with Crippen LogP contribution in [0.3, 0.4) is 0 Å². The van der Waals surface area contributed by atoms with E-state index in [4.69, 9.17) is 4.74 Å². The average Bonchev–Trinajstić information content (AvgIpc) is 2.79. The Hall–Kier alpha value is -3.04. The molecule has 1 amide bonds. The van der Waals surface area contributed by atoms with Crippen LogP contribution in [0, 0.1) is 19.8 Å². The maximum Gasteiger partial charge on any atom is 0.309 e. The van der Waals surface area contributed by atoms with Crippen molar-refractivity contribution < 1.29 is 27.5 Å². The summed E-state index contributed by atoms with van der Waals surface area (Å²) in [5.41, 5.74) is 2.65. The number of nitrogens with zero attached hydrogens (tertiary/aromatic N) is 1. The van der Waals surface area contributed by atoms with Crippen molar-refractivity contribution in [2.45, 2.75) is 38.5 Å². The molecule has 2 aromatic carbocycles. The fourth-order valence-corrected chi connectivity index (χ4v) is 5.25. The minimum atomic E-state index is -3.63. The molecule has 1 heterocycles. The van der Waals surface area contributed by atoms with Gasteiger partial charge in [0.2, 0.25) is 10.0 Å². The van der Waals surface area contributed by atoms with Gasteiger partial charge in [-0.05, 0) is 69.0 Å². The molecule has 0 unspecified atom stereocenters. The molecule has 1 saturated heterocycles. The van der Waals surface area contributed by atoms with E-state index in [-0.39, 0.29) is 23.8 Å². The molecule has 0 saturated carbocycles. The summed E-state index contributed by atoms with van der Waals surface area (Å²) >= 11 is 0. The number of hydrogen-bond acceptors (Lipinski definition) is 6. The third-order valence-electron chi connectivity index (χ3n) is 5.83. The summed E-state index contributed by atoms with van der Waals surface area (Å²) in [7, 11) is -3.63. The number of carbonyl (C=O) groups excluding carboxylic acids is 3. The van der Waals surface area contributed by atoms with Crippen LogP contribution >= 0.6 is 0 Å². The fraction of sp³-hybridized carbons (Fsp3) is 0.375. The Balaban J connectivity index is 1.52. The molecule has 1 N–H and O–H groups in total. The van der Waals surface area contributed by atoms with Crippen LogP contribution in [0.25, 0.3) is 0 Å². The first-order chi connectivity index (χ1) is 15.6. The third-order valence-corrected chi connectivity index (χ3v) is 7.72. The number of rotatable bonds is 7. The summed E-state index contributed by atoms with van der Waals surface area (Å²) in [6.07, 6.45) is 0.634. The van der Waals surface area contributed by atoms with E-state index in [9.17, 15) is 22.8 Å². The van der Waals surface area contributed by atoms with Gasteiger partial charge in [-0.15, -0.1) is 0 Å². The molecule has 2 aromatic rings. The lowest BCUT2D eigenvalue weighted by molar-refractivity contribution is -0.152. The summed E-state index contributed by atoms with van der Waals surface area (Å²) in [5, 5.41) is 2.58. The van der Waals surface area contributed by atoms with Crippen LogP contribution in [-0.2, 0) is 24.3 Å². The number of ether oxygens (including phenoxy) is 1. The van der Waals surface area contributed by atoms with Gasteiger partial charge in [0.25, 0.3) is 5.91 Å². The van der Waals surface area contributed by atoms with E-state index in [0.29, 0.717) is 24.1 Å². The number of carbonyl (C=O) groups is 3. The van der Waals surface area contributed by atoms with Gasteiger partial charge in [0.05, 0.1) is 16.5 Å². The lowest BCUT2D eigenvalue weighted by Gasteiger charge is -2.30. The van der Waals surface area contributed by atoms with Crippen LogP contribution in [0.15, 0.2) is 47.4 Å². The van der Waals surface area contributed by atoms with Gasteiger partial charge in [0, 0.05) is 18.7 Å². The van der Waals surface area contributed by atoms with E-state index in [1.54, 1.807) is 42.5 Å². The number of anilines is 1. The van der Waals surface area contributed by atoms with Crippen LogP contribution in [0.5, 0.6) is 0 Å². The zero-order valence-corrected chi connectivity index (χ0v) is 19.8. The molecule has 3 rings (SSSR count). The fourth-order valence-electron chi connectivity index (χ4n) is 3.70. The first-order valence-electron chi connectivity index (χ1n) is 10.7. The van der Waals surface area contributed by atoms with Crippen molar-refractivity contribution in [1.82, 2.24) is 4.31 Å². The van der Waals surface area contributed by atoms with Crippen molar-refractivity contribution in [3.63, 3.8) is 0 Å². The van der Waals surface area contributed by atoms with Crippen LogP contribution in [0.1, 0.15) is 41.3 Å². The largest absolute Gasteiger partial charge is 0.455 e. The molecule has 0 bridgehead atoms. The van der Waals surface area contributed by atoms with E-state index < -0.39 is 34.4 Å². The van der Waals surface area contributed by atoms with Crippen molar-refractivity contribution in [1.29, 1.82) is 0 Å². The summed E-state index contributed by atoms with van der Waals surface area (Å²) in [4.78, 5) is 36.5. The monoisotopic (exact) mass is 472 g/mol. The van der Waals surface area contributed by atoms with Crippen LogP contribution in [-0.4, -0.2) is 50.1 Å².